The maximum absolute atomic E-state index is 3.64. The predicted octanol–water partition coefficient (Wildman–Crippen LogP) is 2.04. The van der Waals surface area contributed by atoms with Crippen molar-refractivity contribution in [3.8, 4) is 0 Å². The molecule has 1 heterocycles. The second-order valence-electron chi connectivity index (χ2n) is 7.85. The molecule has 0 bridgehead atoms. The van der Waals surface area contributed by atoms with Crippen molar-refractivity contribution in [2.45, 2.75) is 53.1 Å². The molecule has 0 amide bonds. The highest BCUT2D eigenvalue weighted by molar-refractivity contribution is 4.85. The first-order valence-electron chi connectivity index (χ1n) is 7.27. The molecule has 1 aliphatic rings. The summed E-state index contributed by atoms with van der Waals surface area (Å²) in [7, 11) is 2.22. The zero-order chi connectivity index (χ0) is 14.0. The highest BCUT2D eigenvalue weighted by atomic mass is 15.3. The molecule has 0 aromatic carbocycles. The van der Waals surface area contributed by atoms with E-state index in [9.17, 15) is 0 Å². The fraction of sp³-hybridized carbons (Fsp3) is 1.00. The van der Waals surface area contributed by atoms with Gasteiger partial charge in [0.05, 0.1) is 0 Å². The molecule has 108 valence electrons. The van der Waals surface area contributed by atoms with Gasteiger partial charge in [0.2, 0.25) is 0 Å². The van der Waals surface area contributed by atoms with Crippen LogP contribution in [0, 0.1) is 5.41 Å². The van der Waals surface area contributed by atoms with Crippen LogP contribution in [0.5, 0.6) is 0 Å². The molecule has 1 N–H and O–H groups in total. The van der Waals surface area contributed by atoms with E-state index in [0.29, 0.717) is 11.5 Å². The average Bonchev–Trinajstić information content (AvgIpc) is 2.19. The average molecular weight is 255 g/mol. The summed E-state index contributed by atoms with van der Waals surface area (Å²) in [5, 5.41) is 3.64. The number of likely N-dealkylation sites (N-methyl/N-ethyl adjacent to an activating group) is 1. The first kappa shape index (κ1) is 15.9. The molecule has 18 heavy (non-hydrogen) atoms. The number of nitrogens with zero attached hydrogens (tertiary/aromatic N) is 2. The third-order valence-electron chi connectivity index (χ3n) is 3.70. The lowest BCUT2D eigenvalue weighted by Crippen LogP contribution is -2.54. The first-order chi connectivity index (χ1) is 8.09. The Hall–Kier alpha value is -0.120. The smallest absolute Gasteiger partial charge is 0.0195 e. The van der Waals surface area contributed by atoms with E-state index in [0.717, 1.165) is 6.54 Å². The lowest BCUT2D eigenvalue weighted by molar-refractivity contribution is 0.0631. The van der Waals surface area contributed by atoms with Crippen LogP contribution in [0.2, 0.25) is 0 Å². The number of hydrogen-bond donors (Lipinski definition) is 1. The summed E-state index contributed by atoms with van der Waals surface area (Å²) >= 11 is 0. The summed E-state index contributed by atoms with van der Waals surface area (Å²) in [6.45, 7) is 19.7. The van der Waals surface area contributed by atoms with Crippen molar-refractivity contribution in [2.75, 3.05) is 39.8 Å². The van der Waals surface area contributed by atoms with Crippen molar-refractivity contribution in [2.24, 2.45) is 5.41 Å². The van der Waals surface area contributed by atoms with Gasteiger partial charge >= 0.3 is 0 Å². The topological polar surface area (TPSA) is 18.5 Å². The second kappa shape index (κ2) is 5.89. The van der Waals surface area contributed by atoms with E-state index in [1.165, 1.54) is 26.2 Å². The molecule has 1 unspecified atom stereocenters. The van der Waals surface area contributed by atoms with Gasteiger partial charge in [0, 0.05) is 44.3 Å². The lowest BCUT2D eigenvalue weighted by Gasteiger charge is -2.42. The van der Waals surface area contributed by atoms with Crippen LogP contribution >= 0.6 is 0 Å². The van der Waals surface area contributed by atoms with E-state index >= 15 is 0 Å². The van der Waals surface area contributed by atoms with Gasteiger partial charge in [-0.05, 0) is 40.2 Å². The molecule has 0 spiro atoms. The minimum Gasteiger partial charge on any atom is -0.311 e. The Morgan fingerprint density at radius 3 is 2.22 bits per heavy atom. The van der Waals surface area contributed by atoms with Gasteiger partial charge in [-0.3, -0.25) is 4.90 Å². The lowest BCUT2D eigenvalue weighted by atomic mass is 9.90. The summed E-state index contributed by atoms with van der Waals surface area (Å²) in [5.41, 5.74) is 0.544. The molecule has 1 fully saturated rings. The minimum absolute atomic E-state index is 0.213. The fourth-order valence-corrected chi connectivity index (χ4v) is 2.52. The molecule has 0 aromatic heterocycles. The van der Waals surface area contributed by atoms with Gasteiger partial charge < -0.3 is 10.2 Å². The van der Waals surface area contributed by atoms with E-state index in [4.69, 9.17) is 0 Å². The minimum atomic E-state index is 0.213. The van der Waals surface area contributed by atoms with E-state index in [1.54, 1.807) is 0 Å². The van der Waals surface area contributed by atoms with E-state index in [2.05, 4.69) is 63.7 Å². The van der Waals surface area contributed by atoms with Crippen LogP contribution in [-0.4, -0.2) is 61.2 Å². The SMILES string of the molecule is CC1CN(C)CCN1CC(C)(C)CNC(C)(C)C. The maximum Gasteiger partial charge on any atom is 0.0195 e. The third kappa shape index (κ3) is 5.68. The molecule has 3 heteroatoms. The van der Waals surface area contributed by atoms with Crippen molar-refractivity contribution in [1.82, 2.24) is 15.1 Å². The Morgan fingerprint density at radius 2 is 1.72 bits per heavy atom. The van der Waals surface area contributed by atoms with Crippen LogP contribution in [0.25, 0.3) is 0 Å². The number of hydrogen-bond acceptors (Lipinski definition) is 3. The zero-order valence-corrected chi connectivity index (χ0v) is 13.5. The second-order valence-corrected chi connectivity index (χ2v) is 7.85. The fourth-order valence-electron chi connectivity index (χ4n) is 2.52. The van der Waals surface area contributed by atoms with Crippen LogP contribution < -0.4 is 5.32 Å². The van der Waals surface area contributed by atoms with Gasteiger partial charge in [0.15, 0.2) is 0 Å². The highest BCUT2D eigenvalue weighted by Gasteiger charge is 2.28. The molecular weight excluding hydrogens is 222 g/mol. The number of piperazine rings is 1. The molecule has 0 saturated carbocycles. The normalized spacial score (nSPS) is 24.5. The van der Waals surface area contributed by atoms with Crippen LogP contribution in [-0.2, 0) is 0 Å². The van der Waals surface area contributed by atoms with Gasteiger partial charge in [0.1, 0.15) is 0 Å². The molecular formula is C15H33N3. The van der Waals surface area contributed by atoms with Crippen molar-refractivity contribution in [3.63, 3.8) is 0 Å². The quantitative estimate of drug-likeness (QED) is 0.829. The van der Waals surface area contributed by atoms with Gasteiger partial charge in [0.25, 0.3) is 0 Å². The van der Waals surface area contributed by atoms with Crippen LogP contribution in [0.4, 0.5) is 0 Å². The van der Waals surface area contributed by atoms with Gasteiger partial charge in [-0.1, -0.05) is 13.8 Å². The molecule has 1 aliphatic heterocycles. The largest absolute Gasteiger partial charge is 0.311 e. The number of rotatable bonds is 4. The standard InChI is InChI=1S/C15H33N3/c1-13-10-17(7)8-9-18(13)12-15(5,6)11-16-14(2,3)4/h13,16H,8-12H2,1-7H3. The summed E-state index contributed by atoms with van der Waals surface area (Å²) < 4.78 is 0. The maximum atomic E-state index is 3.64. The Labute approximate surface area is 114 Å². The van der Waals surface area contributed by atoms with Crippen molar-refractivity contribution < 1.29 is 0 Å². The summed E-state index contributed by atoms with van der Waals surface area (Å²) in [6.07, 6.45) is 0. The molecule has 1 saturated heterocycles. The van der Waals surface area contributed by atoms with Crippen LogP contribution in [0.1, 0.15) is 41.5 Å². The Bertz CT molecular complexity index is 255. The van der Waals surface area contributed by atoms with E-state index < -0.39 is 0 Å². The molecule has 0 aromatic rings. The zero-order valence-electron chi connectivity index (χ0n) is 13.5. The van der Waals surface area contributed by atoms with Gasteiger partial charge in [-0.25, -0.2) is 0 Å². The van der Waals surface area contributed by atoms with Crippen LogP contribution in [0.3, 0.4) is 0 Å². The van der Waals surface area contributed by atoms with E-state index in [-0.39, 0.29) is 5.54 Å². The number of nitrogens with one attached hydrogen (secondary N) is 1. The Kier molecular flexibility index (Phi) is 5.22. The molecule has 0 radical (unpaired) electrons. The van der Waals surface area contributed by atoms with Crippen molar-refractivity contribution in [1.29, 1.82) is 0 Å². The Balaban J connectivity index is 2.44. The van der Waals surface area contributed by atoms with Crippen molar-refractivity contribution >= 4 is 0 Å². The molecule has 0 aliphatic carbocycles. The molecule has 1 rings (SSSR count). The highest BCUT2D eigenvalue weighted by Crippen LogP contribution is 2.20. The molecule has 1 atom stereocenters. The van der Waals surface area contributed by atoms with Crippen molar-refractivity contribution in [3.05, 3.63) is 0 Å². The summed E-state index contributed by atoms with van der Waals surface area (Å²) in [4.78, 5) is 5.08. The first-order valence-corrected chi connectivity index (χ1v) is 7.27. The van der Waals surface area contributed by atoms with E-state index in [1.807, 2.05) is 0 Å². The predicted molar refractivity (Wildman–Crippen MR) is 80.1 cm³/mol. The summed E-state index contributed by atoms with van der Waals surface area (Å²) in [5.74, 6) is 0. The summed E-state index contributed by atoms with van der Waals surface area (Å²) in [6, 6.07) is 0.678. The Morgan fingerprint density at radius 1 is 1.11 bits per heavy atom. The van der Waals surface area contributed by atoms with Crippen LogP contribution in [0.15, 0.2) is 0 Å². The molecule has 3 nitrogen and oxygen atoms in total. The monoisotopic (exact) mass is 255 g/mol. The van der Waals surface area contributed by atoms with Gasteiger partial charge in [-0.15, -0.1) is 0 Å². The van der Waals surface area contributed by atoms with Gasteiger partial charge in [-0.2, -0.15) is 0 Å². The third-order valence-corrected chi connectivity index (χ3v) is 3.70.